The molecule has 0 unspecified atom stereocenters. The highest BCUT2D eigenvalue weighted by molar-refractivity contribution is 6.03. The first-order valence-corrected chi connectivity index (χ1v) is 6.90. The molecular weight excluding hydrogens is 258 g/mol. The summed E-state index contributed by atoms with van der Waals surface area (Å²) in [5, 5.41) is 11.4. The topological polar surface area (TPSA) is 79.5 Å². The fraction of sp³-hybridized carbons (Fsp3) is 0.600. The molecule has 2 N–H and O–H groups in total. The Balaban J connectivity index is 2.26. The van der Waals surface area contributed by atoms with Gasteiger partial charge < -0.3 is 14.8 Å². The van der Waals surface area contributed by atoms with Gasteiger partial charge in [-0.1, -0.05) is 13.8 Å². The zero-order chi connectivity index (χ0) is 14.9. The zero-order valence-corrected chi connectivity index (χ0v) is 12.2. The van der Waals surface area contributed by atoms with Crippen LogP contribution in [0.15, 0.2) is 4.42 Å². The molecule has 5 heteroatoms. The van der Waals surface area contributed by atoms with E-state index in [2.05, 4.69) is 5.32 Å². The molecule has 2 rings (SSSR count). The molecule has 0 aromatic carbocycles. The molecule has 20 heavy (non-hydrogen) atoms. The molecule has 0 saturated carbocycles. The number of ketones is 1. The summed E-state index contributed by atoms with van der Waals surface area (Å²) in [5.41, 5.74) is 1.08. The monoisotopic (exact) mass is 279 g/mol. The van der Waals surface area contributed by atoms with Crippen molar-refractivity contribution in [3.05, 3.63) is 22.6 Å². The Bertz CT molecular complexity index is 542. The number of nitrogens with one attached hydrogen (secondary N) is 1. The Morgan fingerprint density at radius 2 is 2.10 bits per heavy atom. The standard InChI is InChI=1S/C15H21NO4/c1-9-12-10(18)7-15(2,3)8-11(12)20-13(9)14(19)16-5-4-6-17/h17H,4-8H2,1-3H3,(H,16,19). The summed E-state index contributed by atoms with van der Waals surface area (Å²) >= 11 is 0. The van der Waals surface area contributed by atoms with E-state index < -0.39 is 0 Å². The van der Waals surface area contributed by atoms with E-state index in [1.807, 2.05) is 13.8 Å². The van der Waals surface area contributed by atoms with E-state index in [9.17, 15) is 9.59 Å². The number of rotatable bonds is 4. The van der Waals surface area contributed by atoms with Gasteiger partial charge in [-0.05, 0) is 18.8 Å². The lowest BCUT2D eigenvalue weighted by Crippen LogP contribution is -2.26. The summed E-state index contributed by atoms with van der Waals surface area (Å²) in [7, 11) is 0. The lowest BCUT2D eigenvalue weighted by atomic mass is 9.76. The number of Topliss-reactive ketones (excluding diaryl/α,β-unsaturated/α-hetero) is 1. The summed E-state index contributed by atoms with van der Waals surface area (Å²) in [5.74, 6) is 0.568. The van der Waals surface area contributed by atoms with Crippen molar-refractivity contribution in [3.8, 4) is 0 Å². The maximum Gasteiger partial charge on any atom is 0.287 e. The smallest absolute Gasteiger partial charge is 0.287 e. The van der Waals surface area contributed by atoms with Crippen LogP contribution in [-0.4, -0.2) is 29.9 Å². The van der Waals surface area contributed by atoms with Crippen molar-refractivity contribution in [1.82, 2.24) is 5.32 Å². The number of fused-ring (bicyclic) bond motifs is 1. The van der Waals surface area contributed by atoms with Gasteiger partial charge in [0.2, 0.25) is 0 Å². The molecular formula is C15H21NO4. The molecule has 0 aliphatic heterocycles. The van der Waals surface area contributed by atoms with Crippen LogP contribution in [0.3, 0.4) is 0 Å². The second-order valence-corrected chi connectivity index (χ2v) is 6.13. The van der Waals surface area contributed by atoms with E-state index in [4.69, 9.17) is 9.52 Å². The van der Waals surface area contributed by atoms with Crippen LogP contribution in [0.5, 0.6) is 0 Å². The van der Waals surface area contributed by atoms with Gasteiger partial charge in [-0.3, -0.25) is 9.59 Å². The molecule has 5 nitrogen and oxygen atoms in total. The summed E-state index contributed by atoms with van der Waals surface area (Å²) in [6.45, 7) is 6.21. The van der Waals surface area contributed by atoms with Gasteiger partial charge in [0.1, 0.15) is 5.76 Å². The number of furan rings is 1. The third kappa shape index (κ3) is 2.77. The van der Waals surface area contributed by atoms with Crippen molar-refractivity contribution in [3.63, 3.8) is 0 Å². The van der Waals surface area contributed by atoms with Crippen LogP contribution in [0.25, 0.3) is 0 Å². The van der Waals surface area contributed by atoms with Gasteiger partial charge in [0, 0.05) is 31.6 Å². The largest absolute Gasteiger partial charge is 0.455 e. The lowest BCUT2D eigenvalue weighted by Gasteiger charge is -2.27. The van der Waals surface area contributed by atoms with Gasteiger partial charge in [0.25, 0.3) is 5.91 Å². The maximum absolute atomic E-state index is 12.2. The van der Waals surface area contributed by atoms with Crippen LogP contribution in [0.1, 0.15) is 58.9 Å². The number of carbonyl (C=O) groups excluding carboxylic acids is 2. The van der Waals surface area contributed by atoms with Crippen LogP contribution in [0.2, 0.25) is 0 Å². The van der Waals surface area contributed by atoms with Crippen molar-refractivity contribution in [1.29, 1.82) is 0 Å². The summed E-state index contributed by atoms with van der Waals surface area (Å²) in [4.78, 5) is 24.2. The van der Waals surface area contributed by atoms with Gasteiger partial charge in [-0.2, -0.15) is 0 Å². The number of amides is 1. The van der Waals surface area contributed by atoms with E-state index in [1.54, 1.807) is 6.92 Å². The Morgan fingerprint density at radius 1 is 1.40 bits per heavy atom. The molecule has 1 amide bonds. The van der Waals surface area contributed by atoms with Gasteiger partial charge in [-0.25, -0.2) is 0 Å². The normalized spacial score (nSPS) is 16.9. The number of hydrogen-bond acceptors (Lipinski definition) is 4. The average molecular weight is 279 g/mol. The van der Waals surface area contributed by atoms with E-state index in [0.717, 1.165) is 0 Å². The number of aliphatic hydroxyl groups excluding tert-OH is 1. The lowest BCUT2D eigenvalue weighted by molar-refractivity contribution is 0.0888. The highest BCUT2D eigenvalue weighted by atomic mass is 16.4. The first-order valence-electron chi connectivity index (χ1n) is 6.90. The summed E-state index contributed by atoms with van der Waals surface area (Å²) in [6.07, 6.45) is 1.64. The number of aliphatic hydroxyl groups is 1. The maximum atomic E-state index is 12.2. The molecule has 0 fully saturated rings. The molecule has 0 atom stereocenters. The first-order chi connectivity index (χ1) is 9.35. The van der Waals surface area contributed by atoms with Crippen LogP contribution in [0.4, 0.5) is 0 Å². The van der Waals surface area contributed by atoms with Crippen molar-refractivity contribution < 1.29 is 19.1 Å². The number of carbonyl (C=O) groups is 2. The summed E-state index contributed by atoms with van der Waals surface area (Å²) < 4.78 is 5.64. The second-order valence-electron chi connectivity index (χ2n) is 6.13. The molecule has 0 saturated heterocycles. The van der Waals surface area contributed by atoms with Crippen LogP contribution in [0, 0.1) is 12.3 Å². The van der Waals surface area contributed by atoms with Gasteiger partial charge in [0.05, 0.1) is 5.56 Å². The SMILES string of the molecule is Cc1c(C(=O)NCCCO)oc2c1C(=O)CC(C)(C)C2. The van der Waals surface area contributed by atoms with Crippen molar-refractivity contribution in [2.24, 2.45) is 5.41 Å². The highest BCUT2D eigenvalue weighted by Crippen LogP contribution is 2.38. The van der Waals surface area contributed by atoms with E-state index in [1.165, 1.54) is 0 Å². The van der Waals surface area contributed by atoms with Crippen LogP contribution < -0.4 is 5.32 Å². The van der Waals surface area contributed by atoms with Crippen molar-refractivity contribution in [2.45, 2.75) is 40.0 Å². The molecule has 1 aliphatic carbocycles. The fourth-order valence-electron chi connectivity index (χ4n) is 2.66. The van der Waals surface area contributed by atoms with Crippen LogP contribution >= 0.6 is 0 Å². The van der Waals surface area contributed by atoms with Gasteiger partial charge in [0.15, 0.2) is 11.5 Å². The van der Waals surface area contributed by atoms with E-state index in [0.29, 0.717) is 42.7 Å². The minimum absolute atomic E-state index is 0.0284. The molecule has 0 spiro atoms. The predicted octanol–water partition coefficient (Wildman–Crippen LogP) is 1.86. The minimum atomic E-state index is -0.323. The minimum Gasteiger partial charge on any atom is -0.455 e. The molecule has 1 aromatic rings. The molecule has 1 aromatic heterocycles. The van der Waals surface area contributed by atoms with E-state index in [-0.39, 0.29) is 29.5 Å². The molecule has 1 heterocycles. The van der Waals surface area contributed by atoms with Crippen LogP contribution in [-0.2, 0) is 6.42 Å². The third-order valence-electron chi connectivity index (χ3n) is 3.60. The quantitative estimate of drug-likeness (QED) is 0.824. The Labute approximate surface area is 118 Å². The first kappa shape index (κ1) is 14.8. The van der Waals surface area contributed by atoms with Gasteiger partial charge >= 0.3 is 0 Å². The fourth-order valence-corrected chi connectivity index (χ4v) is 2.66. The Morgan fingerprint density at radius 3 is 2.75 bits per heavy atom. The molecule has 110 valence electrons. The van der Waals surface area contributed by atoms with Crippen molar-refractivity contribution in [2.75, 3.05) is 13.2 Å². The number of hydrogen-bond donors (Lipinski definition) is 2. The van der Waals surface area contributed by atoms with E-state index >= 15 is 0 Å². The zero-order valence-electron chi connectivity index (χ0n) is 12.2. The molecule has 1 aliphatic rings. The highest BCUT2D eigenvalue weighted by Gasteiger charge is 2.36. The Kier molecular flexibility index (Phi) is 3.99. The predicted molar refractivity (Wildman–Crippen MR) is 73.9 cm³/mol. The second kappa shape index (κ2) is 5.40. The third-order valence-corrected chi connectivity index (χ3v) is 3.60. The summed E-state index contributed by atoms with van der Waals surface area (Å²) in [6, 6.07) is 0. The Hall–Kier alpha value is -1.62. The molecule has 0 radical (unpaired) electrons. The van der Waals surface area contributed by atoms with Gasteiger partial charge in [-0.15, -0.1) is 0 Å². The average Bonchev–Trinajstić information content (AvgIpc) is 2.65. The van der Waals surface area contributed by atoms with Crippen molar-refractivity contribution >= 4 is 11.7 Å². The molecule has 0 bridgehead atoms.